The van der Waals surface area contributed by atoms with E-state index in [0.717, 1.165) is 0 Å². The first-order valence-electron chi connectivity index (χ1n) is 3.84. The molecule has 1 aromatic rings. The lowest BCUT2D eigenvalue weighted by atomic mass is 10.3. The summed E-state index contributed by atoms with van der Waals surface area (Å²) >= 11 is 0. The zero-order chi connectivity index (χ0) is 10.1. The van der Waals surface area contributed by atoms with Gasteiger partial charge in [-0.15, -0.1) is 0 Å². The van der Waals surface area contributed by atoms with E-state index in [1.54, 1.807) is 6.92 Å². The molecule has 1 heterocycles. The molecule has 0 atom stereocenters. The molecule has 0 aromatic carbocycles. The number of hydrogen-bond acceptors (Lipinski definition) is 2. The number of aromatic nitrogens is 2. The fraction of sp³-hybridized carbons (Fsp3) is 0.571. The van der Waals surface area contributed by atoms with Crippen molar-refractivity contribution in [2.75, 3.05) is 0 Å². The molecule has 0 amide bonds. The topological polar surface area (TPSA) is 54.7 Å². The molecule has 0 spiro atoms. The monoisotopic (exact) mass is 193 g/mol. The van der Waals surface area contributed by atoms with Crippen LogP contribution in [0.5, 0.6) is 0 Å². The zero-order valence-electron chi connectivity index (χ0n) is 7.07. The van der Waals surface area contributed by atoms with Crippen LogP contribution in [0, 0.1) is 0 Å². The van der Waals surface area contributed by atoms with Crippen LogP contribution in [0.15, 0.2) is 0 Å². The average molecular weight is 193 g/mol. The van der Waals surface area contributed by atoms with Gasteiger partial charge in [0.2, 0.25) is 5.82 Å². The van der Waals surface area contributed by atoms with Crippen LogP contribution >= 0.6 is 0 Å². The Bertz CT molecular complexity index is 268. The van der Waals surface area contributed by atoms with E-state index in [-0.39, 0.29) is 6.54 Å². The summed E-state index contributed by atoms with van der Waals surface area (Å²) in [7, 11) is 0. The van der Waals surface area contributed by atoms with Crippen molar-refractivity contribution >= 4 is 0 Å². The van der Waals surface area contributed by atoms with Crippen molar-refractivity contribution in [1.82, 2.24) is 9.97 Å². The highest BCUT2D eigenvalue weighted by Gasteiger charge is 2.35. The molecule has 13 heavy (non-hydrogen) atoms. The summed E-state index contributed by atoms with van der Waals surface area (Å²) in [6.45, 7) is 1.78. The molecular formula is C7H10F3N3. The van der Waals surface area contributed by atoms with Gasteiger partial charge >= 0.3 is 6.18 Å². The normalized spacial score (nSPS) is 12.1. The lowest BCUT2D eigenvalue weighted by molar-refractivity contribution is -0.144. The quantitative estimate of drug-likeness (QED) is 0.746. The number of nitrogens with two attached hydrogens (primary N) is 1. The number of halogens is 3. The van der Waals surface area contributed by atoms with Crippen LogP contribution in [0.3, 0.4) is 0 Å². The minimum atomic E-state index is -4.42. The van der Waals surface area contributed by atoms with Gasteiger partial charge in [-0.3, -0.25) is 0 Å². The van der Waals surface area contributed by atoms with Gasteiger partial charge in [-0.25, -0.2) is 4.98 Å². The summed E-state index contributed by atoms with van der Waals surface area (Å²) in [5.74, 6) is -0.968. The van der Waals surface area contributed by atoms with Crippen molar-refractivity contribution in [2.24, 2.45) is 5.73 Å². The summed E-state index contributed by atoms with van der Waals surface area (Å²) in [5, 5.41) is 0. The summed E-state index contributed by atoms with van der Waals surface area (Å²) in [5.41, 5.74) is 5.98. The third-order valence-corrected chi connectivity index (χ3v) is 1.67. The molecule has 74 valence electrons. The Labute approximate surface area is 73.2 Å². The second-order valence-electron chi connectivity index (χ2n) is 2.57. The summed E-state index contributed by atoms with van der Waals surface area (Å²) < 4.78 is 36.4. The predicted molar refractivity (Wildman–Crippen MR) is 40.9 cm³/mol. The van der Waals surface area contributed by atoms with Crippen LogP contribution in [-0.2, 0) is 19.1 Å². The Morgan fingerprint density at radius 1 is 1.46 bits per heavy atom. The minimum Gasteiger partial charge on any atom is -0.337 e. The lowest BCUT2D eigenvalue weighted by Gasteiger charge is -1.99. The van der Waals surface area contributed by atoms with Crippen molar-refractivity contribution in [1.29, 1.82) is 0 Å². The van der Waals surface area contributed by atoms with Gasteiger partial charge in [0, 0.05) is 6.54 Å². The highest BCUT2D eigenvalue weighted by Crippen LogP contribution is 2.27. The standard InChI is InChI=1S/C7H10F3N3/c1-2-4-5(3-11)13-6(12-4)7(8,9)10/h2-3,11H2,1H3,(H,12,13). The van der Waals surface area contributed by atoms with Gasteiger partial charge < -0.3 is 10.7 Å². The van der Waals surface area contributed by atoms with Gasteiger partial charge in [0.25, 0.3) is 0 Å². The Hall–Kier alpha value is -1.04. The van der Waals surface area contributed by atoms with Crippen LogP contribution in [0.4, 0.5) is 13.2 Å². The van der Waals surface area contributed by atoms with E-state index in [1.165, 1.54) is 0 Å². The van der Waals surface area contributed by atoms with Crippen molar-refractivity contribution in [3.05, 3.63) is 17.2 Å². The molecule has 0 bridgehead atoms. The molecule has 0 saturated carbocycles. The number of H-pyrrole nitrogens is 1. The molecule has 0 aliphatic rings. The third-order valence-electron chi connectivity index (χ3n) is 1.67. The summed E-state index contributed by atoms with van der Waals surface area (Å²) in [6.07, 6.45) is -3.98. The van der Waals surface area contributed by atoms with Gasteiger partial charge in [-0.1, -0.05) is 6.92 Å². The second-order valence-corrected chi connectivity index (χ2v) is 2.57. The molecule has 0 unspecified atom stereocenters. The van der Waals surface area contributed by atoms with Crippen LogP contribution in [-0.4, -0.2) is 9.97 Å². The van der Waals surface area contributed by atoms with E-state index in [9.17, 15) is 13.2 Å². The molecule has 0 radical (unpaired) electrons. The van der Waals surface area contributed by atoms with Crippen molar-refractivity contribution < 1.29 is 13.2 Å². The summed E-state index contributed by atoms with van der Waals surface area (Å²) in [6, 6.07) is 0. The summed E-state index contributed by atoms with van der Waals surface area (Å²) in [4.78, 5) is 5.57. The van der Waals surface area contributed by atoms with Crippen LogP contribution in [0.1, 0.15) is 24.1 Å². The van der Waals surface area contributed by atoms with Gasteiger partial charge in [0.1, 0.15) is 0 Å². The van der Waals surface area contributed by atoms with E-state index >= 15 is 0 Å². The number of rotatable bonds is 2. The fourth-order valence-electron chi connectivity index (χ4n) is 1.04. The van der Waals surface area contributed by atoms with E-state index in [4.69, 9.17) is 5.73 Å². The number of imidazole rings is 1. The highest BCUT2D eigenvalue weighted by atomic mass is 19.4. The molecule has 6 heteroatoms. The maximum Gasteiger partial charge on any atom is 0.449 e. The first-order chi connectivity index (χ1) is 5.99. The van der Waals surface area contributed by atoms with Crippen molar-refractivity contribution in [3.63, 3.8) is 0 Å². The second kappa shape index (κ2) is 3.37. The maximum atomic E-state index is 12.1. The number of aryl methyl sites for hydroxylation is 1. The fourth-order valence-corrected chi connectivity index (χ4v) is 1.04. The Kier molecular flexibility index (Phi) is 2.60. The van der Waals surface area contributed by atoms with Gasteiger partial charge in [0.15, 0.2) is 0 Å². The van der Waals surface area contributed by atoms with Crippen LogP contribution in [0.25, 0.3) is 0 Å². The number of nitrogens with zero attached hydrogens (tertiary/aromatic N) is 1. The predicted octanol–water partition coefficient (Wildman–Crippen LogP) is 1.45. The number of nitrogens with one attached hydrogen (secondary N) is 1. The van der Waals surface area contributed by atoms with E-state index < -0.39 is 12.0 Å². The molecule has 3 nitrogen and oxygen atoms in total. The first kappa shape index (κ1) is 10.0. The molecule has 3 N–H and O–H groups in total. The SMILES string of the molecule is CCc1nc(C(F)(F)F)[nH]c1CN. The molecule has 1 aromatic heterocycles. The molecule has 0 aliphatic heterocycles. The molecule has 1 rings (SSSR count). The van der Waals surface area contributed by atoms with Crippen LogP contribution < -0.4 is 5.73 Å². The maximum absolute atomic E-state index is 12.1. The Morgan fingerprint density at radius 2 is 2.08 bits per heavy atom. The third kappa shape index (κ3) is 2.00. The number of alkyl halides is 3. The zero-order valence-corrected chi connectivity index (χ0v) is 7.07. The largest absolute Gasteiger partial charge is 0.449 e. The highest BCUT2D eigenvalue weighted by molar-refractivity contribution is 5.15. The molecule has 0 fully saturated rings. The first-order valence-corrected chi connectivity index (χ1v) is 3.84. The Balaban J connectivity index is 3.07. The van der Waals surface area contributed by atoms with Crippen molar-refractivity contribution in [3.8, 4) is 0 Å². The number of aromatic amines is 1. The van der Waals surface area contributed by atoms with Gasteiger partial charge in [-0.05, 0) is 6.42 Å². The average Bonchev–Trinajstić information content (AvgIpc) is 2.45. The van der Waals surface area contributed by atoms with Crippen molar-refractivity contribution in [2.45, 2.75) is 26.1 Å². The number of hydrogen-bond donors (Lipinski definition) is 2. The Morgan fingerprint density at radius 3 is 2.38 bits per heavy atom. The van der Waals surface area contributed by atoms with Crippen LogP contribution in [0.2, 0.25) is 0 Å². The lowest BCUT2D eigenvalue weighted by Crippen LogP contribution is -2.07. The van der Waals surface area contributed by atoms with E-state index in [2.05, 4.69) is 9.97 Å². The van der Waals surface area contributed by atoms with Gasteiger partial charge in [0.05, 0.1) is 11.4 Å². The molecular weight excluding hydrogens is 183 g/mol. The van der Waals surface area contributed by atoms with E-state index in [0.29, 0.717) is 17.8 Å². The molecule has 0 aliphatic carbocycles. The molecule has 0 saturated heterocycles. The minimum absolute atomic E-state index is 0.0479. The smallest absolute Gasteiger partial charge is 0.337 e. The van der Waals surface area contributed by atoms with E-state index in [1.807, 2.05) is 0 Å². The van der Waals surface area contributed by atoms with Gasteiger partial charge in [-0.2, -0.15) is 13.2 Å².